The number of hydrogen-bond donors (Lipinski definition) is 1. The molecule has 0 saturated heterocycles. The Bertz CT molecular complexity index is 895. The number of para-hydroxylation sites is 1. The van der Waals surface area contributed by atoms with E-state index < -0.39 is 0 Å². The minimum atomic E-state index is -0.00197. The van der Waals surface area contributed by atoms with Crippen LogP contribution in [0.25, 0.3) is 0 Å². The van der Waals surface area contributed by atoms with Gasteiger partial charge >= 0.3 is 6.03 Å². The normalized spacial score (nSPS) is 23.8. The predicted octanol–water partition coefficient (Wildman–Crippen LogP) is 6.10. The molecule has 0 bridgehead atoms. The second-order valence-electron chi connectivity index (χ2n) is 9.65. The molecule has 1 N–H and O–H groups in total. The van der Waals surface area contributed by atoms with Crippen LogP contribution in [0.3, 0.4) is 0 Å². The lowest BCUT2D eigenvalue weighted by Crippen LogP contribution is -2.44. The maximum Gasteiger partial charge on any atom is 0.321 e. The van der Waals surface area contributed by atoms with Crippen molar-refractivity contribution in [1.82, 2.24) is 10.2 Å². The molecule has 1 saturated carbocycles. The van der Waals surface area contributed by atoms with Crippen molar-refractivity contribution in [3.63, 3.8) is 0 Å². The summed E-state index contributed by atoms with van der Waals surface area (Å²) in [7, 11) is 1.84. The molecule has 4 nitrogen and oxygen atoms in total. The zero-order valence-electron chi connectivity index (χ0n) is 19.4. The SMILES string of the molecule is C[C@H]1CN(CCC2CCC(NC(=O)N(C)c3ccccc3)CC2)CCc2ccc(Cl)cc21. The third-order valence-corrected chi connectivity index (χ3v) is 7.58. The molecule has 0 spiro atoms. The minimum absolute atomic E-state index is 0.00197. The van der Waals surface area contributed by atoms with Crippen molar-refractivity contribution in [2.45, 2.75) is 57.4 Å². The molecule has 1 fully saturated rings. The van der Waals surface area contributed by atoms with Gasteiger partial charge in [-0.15, -0.1) is 0 Å². The number of fused-ring (bicyclic) bond motifs is 1. The van der Waals surface area contributed by atoms with Crippen LogP contribution >= 0.6 is 11.6 Å². The van der Waals surface area contributed by atoms with E-state index in [2.05, 4.69) is 29.3 Å². The van der Waals surface area contributed by atoms with Crippen molar-refractivity contribution >= 4 is 23.3 Å². The van der Waals surface area contributed by atoms with E-state index in [1.54, 1.807) is 4.90 Å². The molecule has 0 aromatic heterocycles. The Hall–Kier alpha value is -2.04. The van der Waals surface area contributed by atoms with Gasteiger partial charge in [0, 0.05) is 36.9 Å². The first-order valence-electron chi connectivity index (χ1n) is 12.1. The fourth-order valence-corrected chi connectivity index (χ4v) is 5.49. The van der Waals surface area contributed by atoms with E-state index in [1.807, 2.05) is 43.4 Å². The number of nitrogens with one attached hydrogen (secondary N) is 1. The van der Waals surface area contributed by atoms with Crippen molar-refractivity contribution in [1.29, 1.82) is 0 Å². The van der Waals surface area contributed by atoms with Crippen molar-refractivity contribution in [2.24, 2.45) is 5.92 Å². The molecule has 172 valence electrons. The molecule has 2 amide bonds. The molecule has 1 aliphatic heterocycles. The topological polar surface area (TPSA) is 35.6 Å². The van der Waals surface area contributed by atoms with E-state index in [0.29, 0.717) is 12.0 Å². The van der Waals surface area contributed by atoms with E-state index in [1.165, 1.54) is 36.9 Å². The van der Waals surface area contributed by atoms with Gasteiger partial charge in [-0.05, 0) is 92.3 Å². The van der Waals surface area contributed by atoms with Crippen LogP contribution in [0.5, 0.6) is 0 Å². The molecule has 4 rings (SSSR count). The summed E-state index contributed by atoms with van der Waals surface area (Å²) in [5, 5.41) is 4.09. The summed E-state index contributed by atoms with van der Waals surface area (Å²) >= 11 is 6.24. The van der Waals surface area contributed by atoms with Crippen LogP contribution in [0.4, 0.5) is 10.5 Å². The van der Waals surface area contributed by atoms with E-state index >= 15 is 0 Å². The molecule has 2 aliphatic rings. The van der Waals surface area contributed by atoms with Crippen LogP contribution in [0.1, 0.15) is 56.1 Å². The number of amides is 2. The Labute approximate surface area is 197 Å². The molecule has 1 aliphatic carbocycles. The number of carbonyl (C=O) groups excluding carboxylic acids is 1. The molecular weight excluding hydrogens is 418 g/mol. The number of rotatable bonds is 5. The van der Waals surface area contributed by atoms with Gasteiger partial charge in [-0.1, -0.05) is 42.8 Å². The number of urea groups is 1. The number of anilines is 1. The van der Waals surface area contributed by atoms with Crippen LogP contribution in [-0.4, -0.2) is 43.7 Å². The van der Waals surface area contributed by atoms with Crippen molar-refractivity contribution < 1.29 is 4.79 Å². The van der Waals surface area contributed by atoms with E-state index in [9.17, 15) is 4.79 Å². The Morgan fingerprint density at radius 1 is 1.12 bits per heavy atom. The zero-order chi connectivity index (χ0) is 22.5. The van der Waals surface area contributed by atoms with Crippen LogP contribution < -0.4 is 10.2 Å². The summed E-state index contributed by atoms with van der Waals surface area (Å²) in [5.41, 5.74) is 3.81. The Kier molecular flexibility index (Phi) is 7.75. The Morgan fingerprint density at radius 3 is 2.62 bits per heavy atom. The summed E-state index contributed by atoms with van der Waals surface area (Å²) in [6.07, 6.45) is 6.95. The first-order chi connectivity index (χ1) is 15.5. The van der Waals surface area contributed by atoms with Gasteiger partial charge in [-0.25, -0.2) is 4.79 Å². The monoisotopic (exact) mass is 453 g/mol. The lowest BCUT2D eigenvalue weighted by molar-refractivity contribution is 0.212. The minimum Gasteiger partial charge on any atom is -0.335 e. The maximum atomic E-state index is 12.6. The second-order valence-corrected chi connectivity index (χ2v) is 10.1. The Morgan fingerprint density at radius 2 is 1.88 bits per heavy atom. The van der Waals surface area contributed by atoms with Gasteiger partial charge in [0.25, 0.3) is 0 Å². The van der Waals surface area contributed by atoms with Gasteiger partial charge in [-0.2, -0.15) is 0 Å². The standard InChI is InChI=1S/C27H36ClN3O/c1-20-19-31(17-15-22-10-11-23(28)18-26(20)22)16-14-21-8-12-24(13-9-21)29-27(32)30(2)25-6-4-3-5-7-25/h3-7,10-11,18,20-21,24H,8-9,12-17,19H2,1-2H3,(H,29,32)/t20-,21?,24?/m0/s1. The van der Waals surface area contributed by atoms with E-state index in [4.69, 9.17) is 11.6 Å². The molecule has 5 heteroatoms. The highest BCUT2D eigenvalue weighted by Crippen LogP contribution is 2.30. The molecule has 0 unspecified atom stereocenters. The number of hydrogen-bond acceptors (Lipinski definition) is 2. The third kappa shape index (κ3) is 5.85. The molecule has 2 aromatic carbocycles. The summed E-state index contributed by atoms with van der Waals surface area (Å²) < 4.78 is 0. The van der Waals surface area contributed by atoms with Crippen LogP contribution in [0.2, 0.25) is 5.02 Å². The molecular formula is C27H36ClN3O. The van der Waals surface area contributed by atoms with Gasteiger partial charge < -0.3 is 10.2 Å². The highest BCUT2D eigenvalue weighted by molar-refractivity contribution is 6.30. The van der Waals surface area contributed by atoms with Crippen LogP contribution in [-0.2, 0) is 6.42 Å². The summed E-state index contributed by atoms with van der Waals surface area (Å²) in [6, 6.07) is 16.5. The summed E-state index contributed by atoms with van der Waals surface area (Å²) in [6.45, 7) is 5.75. The van der Waals surface area contributed by atoms with Crippen molar-refractivity contribution in [2.75, 3.05) is 31.6 Å². The largest absolute Gasteiger partial charge is 0.335 e. The highest BCUT2D eigenvalue weighted by atomic mass is 35.5. The molecule has 2 aromatic rings. The van der Waals surface area contributed by atoms with E-state index in [-0.39, 0.29) is 6.03 Å². The quantitative estimate of drug-likeness (QED) is 0.593. The van der Waals surface area contributed by atoms with Crippen LogP contribution in [0, 0.1) is 5.92 Å². The number of benzene rings is 2. The van der Waals surface area contributed by atoms with Gasteiger partial charge in [0.15, 0.2) is 0 Å². The molecule has 1 heterocycles. The smallest absolute Gasteiger partial charge is 0.321 e. The average Bonchev–Trinajstić information content (AvgIpc) is 2.97. The summed E-state index contributed by atoms with van der Waals surface area (Å²) in [4.78, 5) is 16.9. The van der Waals surface area contributed by atoms with Gasteiger partial charge in [0.05, 0.1) is 0 Å². The first-order valence-corrected chi connectivity index (χ1v) is 12.5. The molecule has 0 radical (unpaired) electrons. The zero-order valence-corrected chi connectivity index (χ0v) is 20.2. The maximum absolute atomic E-state index is 12.6. The van der Waals surface area contributed by atoms with Gasteiger partial charge in [0.1, 0.15) is 0 Å². The van der Waals surface area contributed by atoms with Gasteiger partial charge in [-0.3, -0.25) is 4.90 Å². The third-order valence-electron chi connectivity index (χ3n) is 7.34. The number of carbonyl (C=O) groups is 1. The summed E-state index contributed by atoms with van der Waals surface area (Å²) in [5.74, 6) is 1.30. The highest BCUT2D eigenvalue weighted by Gasteiger charge is 2.25. The fourth-order valence-electron chi connectivity index (χ4n) is 5.31. The lowest BCUT2D eigenvalue weighted by Gasteiger charge is -2.32. The van der Waals surface area contributed by atoms with E-state index in [0.717, 1.165) is 49.0 Å². The van der Waals surface area contributed by atoms with Gasteiger partial charge in [0.2, 0.25) is 0 Å². The fraction of sp³-hybridized carbons (Fsp3) is 0.519. The van der Waals surface area contributed by atoms with Crippen molar-refractivity contribution in [3.8, 4) is 0 Å². The predicted molar refractivity (Wildman–Crippen MR) is 134 cm³/mol. The molecule has 1 atom stereocenters. The average molecular weight is 454 g/mol. The lowest BCUT2D eigenvalue weighted by atomic mass is 9.84. The van der Waals surface area contributed by atoms with Crippen LogP contribution in [0.15, 0.2) is 48.5 Å². The first kappa shape index (κ1) is 23.1. The Balaban J connectivity index is 1.20. The number of nitrogens with zero attached hydrogens (tertiary/aromatic N) is 2. The second kappa shape index (κ2) is 10.7. The number of halogens is 1. The van der Waals surface area contributed by atoms with Crippen molar-refractivity contribution in [3.05, 3.63) is 64.7 Å². The molecule has 32 heavy (non-hydrogen) atoms.